The summed E-state index contributed by atoms with van der Waals surface area (Å²) in [6.07, 6.45) is 0. The normalized spacial score (nSPS) is 10.4. The van der Waals surface area contributed by atoms with E-state index in [4.69, 9.17) is 5.21 Å². The van der Waals surface area contributed by atoms with E-state index in [0.717, 1.165) is 0 Å². The van der Waals surface area contributed by atoms with Crippen LogP contribution in [0, 0.1) is 5.21 Å². The van der Waals surface area contributed by atoms with Crippen molar-refractivity contribution in [3.63, 3.8) is 0 Å². The second kappa shape index (κ2) is 4.72. The molecule has 5 heteroatoms. The number of para-hydroxylation sites is 1. The maximum Gasteiger partial charge on any atom is 0.248 e. The molecule has 1 aromatic rings. The van der Waals surface area contributed by atoms with Gasteiger partial charge in [0.15, 0.2) is 0 Å². The highest BCUT2D eigenvalue weighted by Crippen LogP contribution is 2.08. The Morgan fingerprint density at radius 1 is 1.27 bits per heavy atom. The summed E-state index contributed by atoms with van der Waals surface area (Å²) in [6, 6.07) is 8.24. The van der Waals surface area contributed by atoms with Gasteiger partial charge in [-0.1, -0.05) is 18.2 Å². The Kier molecular flexibility index (Phi) is 4.27. The SMILES string of the molecule is [Al].[O-]/[N+](=N\O)c1ccccc1. The van der Waals surface area contributed by atoms with Crippen LogP contribution >= 0.6 is 0 Å². The fraction of sp³-hybridized carbons (Fsp3) is 0. The Morgan fingerprint density at radius 2 is 1.82 bits per heavy atom. The van der Waals surface area contributed by atoms with Gasteiger partial charge in [0, 0.05) is 29.5 Å². The van der Waals surface area contributed by atoms with E-state index in [2.05, 4.69) is 5.28 Å². The fourth-order valence-corrected chi connectivity index (χ4v) is 0.607. The second-order valence-electron chi connectivity index (χ2n) is 1.70. The quantitative estimate of drug-likeness (QED) is 0.295. The third-order valence-corrected chi connectivity index (χ3v) is 1.06. The van der Waals surface area contributed by atoms with Crippen LogP contribution in [-0.2, 0) is 0 Å². The molecule has 4 nitrogen and oxygen atoms in total. The van der Waals surface area contributed by atoms with Crippen molar-refractivity contribution < 1.29 is 10.1 Å². The van der Waals surface area contributed by atoms with Gasteiger partial charge in [0.05, 0.1) is 0 Å². The fourth-order valence-electron chi connectivity index (χ4n) is 0.607. The zero-order valence-electron chi connectivity index (χ0n) is 5.71. The van der Waals surface area contributed by atoms with Crippen LogP contribution in [0.5, 0.6) is 0 Å². The summed E-state index contributed by atoms with van der Waals surface area (Å²) < 4.78 is 0. The predicted octanol–water partition coefficient (Wildman–Crippen LogP) is 1.29. The van der Waals surface area contributed by atoms with Crippen molar-refractivity contribution in [1.29, 1.82) is 0 Å². The van der Waals surface area contributed by atoms with Gasteiger partial charge in [-0.15, -0.1) is 0 Å². The first-order valence-electron chi connectivity index (χ1n) is 2.72. The Hall–Kier alpha value is -1.05. The lowest BCUT2D eigenvalue weighted by atomic mass is 10.3. The summed E-state index contributed by atoms with van der Waals surface area (Å²) in [5, 5.41) is 21.0. The first kappa shape index (κ1) is 9.95. The van der Waals surface area contributed by atoms with Crippen LogP contribution < -0.4 is 0 Å². The van der Waals surface area contributed by atoms with Gasteiger partial charge in [-0.3, -0.25) is 0 Å². The van der Waals surface area contributed by atoms with E-state index < -0.39 is 0 Å². The Labute approximate surface area is 74.5 Å². The van der Waals surface area contributed by atoms with Crippen LogP contribution in [-0.4, -0.2) is 27.4 Å². The molecule has 0 saturated heterocycles. The molecule has 3 radical (unpaired) electrons. The molecule has 0 aromatic heterocycles. The lowest BCUT2D eigenvalue weighted by Gasteiger charge is -1.93. The van der Waals surface area contributed by atoms with Gasteiger partial charge in [0.1, 0.15) is 0 Å². The number of benzene rings is 1. The minimum atomic E-state index is 0. The average molecular weight is 165 g/mol. The second-order valence-corrected chi connectivity index (χ2v) is 1.70. The van der Waals surface area contributed by atoms with Gasteiger partial charge in [0.2, 0.25) is 11.0 Å². The van der Waals surface area contributed by atoms with Crippen LogP contribution in [0.25, 0.3) is 0 Å². The minimum Gasteiger partial charge on any atom is -0.592 e. The van der Waals surface area contributed by atoms with Crippen LogP contribution in [0.1, 0.15) is 0 Å². The van der Waals surface area contributed by atoms with Crippen molar-refractivity contribution in [2.24, 2.45) is 5.28 Å². The highest BCUT2D eigenvalue weighted by molar-refractivity contribution is 5.75. The first-order chi connectivity index (χ1) is 4.84. The van der Waals surface area contributed by atoms with Crippen molar-refractivity contribution in [3.8, 4) is 0 Å². The number of hydrogen-bond donors (Lipinski definition) is 1. The van der Waals surface area contributed by atoms with Crippen LogP contribution in [0.2, 0.25) is 0 Å². The van der Waals surface area contributed by atoms with Gasteiger partial charge >= 0.3 is 0 Å². The van der Waals surface area contributed by atoms with Crippen molar-refractivity contribution in [1.82, 2.24) is 0 Å². The summed E-state index contributed by atoms with van der Waals surface area (Å²) >= 11 is 0. The molecule has 0 aliphatic rings. The van der Waals surface area contributed by atoms with Crippen molar-refractivity contribution in [2.45, 2.75) is 0 Å². The lowest BCUT2D eigenvalue weighted by Crippen LogP contribution is -1.88. The van der Waals surface area contributed by atoms with Crippen molar-refractivity contribution in [2.75, 3.05) is 0 Å². The molecule has 0 spiro atoms. The minimum absolute atomic E-state index is 0. The van der Waals surface area contributed by atoms with Crippen LogP contribution in [0.15, 0.2) is 35.6 Å². The largest absolute Gasteiger partial charge is 0.592 e. The highest BCUT2D eigenvalue weighted by Gasteiger charge is 1.98. The van der Waals surface area contributed by atoms with Crippen LogP contribution in [0.4, 0.5) is 5.69 Å². The molecule has 0 unspecified atom stereocenters. The monoisotopic (exact) mass is 165 g/mol. The topological polar surface area (TPSA) is 58.7 Å². The Bertz CT molecular complexity index is 238. The van der Waals surface area contributed by atoms with E-state index in [1.54, 1.807) is 30.3 Å². The molecular formula is C6H6AlN2O2. The summed E-state index contributed by atoms with van der Waals surface area (Å²) in [7, 11) is 0. The van der Waals surface area contributed by atoms with E-state index in [9.17, 15) is 5.21 Å². The number of rotatable bonds is 1. The van der Waals surface area contributed by atoms with E-state index in [1.807, 2.05) is 0 Å². The molecule has 55 valence electrons. The average Bonchev–Trinajstić information content (AvgIpc) is 2.05. The lowest BCUT2D eigenvalue weighted by molar-refractivity contribution is -0.473. The molecule has 0 bridgehead atoms. The summed E-state index contributed by atoms with van der Waals surface area (Å²) in [6.45, 7) is 0. The smallest absolute Gasteiger partial charge is 0.248 e. The molecule has 0 atom stereocenters. The zero-order valence-corrected chi connectivity index (χ0v) is 6.87. The van der Waals surface area contributed by atoms with E-state index in [-0.39, 0.29) is 22.2 Å². The molecule has 1 aromatic carbocycles. The molecule has 0 heterocycles. The van der Waals surface area contributed by atoms with Crippen molar-refractivity contribution >= 4 is 23.0 Å². The van der Waals surface area contributed by atoms with E-state index >= 15 is 0 Å². The molecule has 1 N–H and O–H groups in total. The molecule has 11 heavy (non-hydrogen) atoms. The molecule has 0 fully saturated rings. The van der Waals surface area contributed by atoms with Gasteiger partial charge in [0.25, 0.3) is 0 Å². The summed E-state index contributed by atoms with van der Waals surface area (Å²) in [5.74, 6) is 0. The third kappa shape index (κ3) is 2.58. The molecule has 0 saturated carbocycles. The molecule has 1 rings (SSSR count). The Morgan fingerprint density at radius 3 is 2.27 bits per heavy atom. The van der Waals surface area contributed by atoms with Gasteiger partial charge < -0.3 is 10.4 Å². The van der Waals surface area contributed by atoms with E-state index in [0.29, 0.717) is 5.69 Å². The number of hydrogen-bond acceptors (Lipinski definition) is 2. The van der Waals surface area contributed by atoms with Gasteiger partial charge in [-0.05, 0) is 4.86 Å². The van der Waals surface area contributed by atoms with E-state index in [1.165, 1.54) is 0 Å². The molecule has 0 amide bonds. The highest BCUT2D eigenvalue weighted by atomic mass is 27.0. The molecule has 0 aliphatic carbocycles. The van der Waals surface area contributed by atoms with Crippen molar-refractivity contribution in [3.05, 3.63) is 35.5 Å². The summed E-state index contributed by atoms with van der Waals surface area (Å²) in [4.78, 5) is 0.139. The summed E-state index contributed by atoms with van der Waals surface area (Å²) in [5.41, 5.74) is 0.310. The van der Waals surface area contributed by atoms with Crippen LogP contribution in [0.3, 0.4) is 0 Å². The van der Waals surface area contributed by atoms with Gasteiger partial charge in [-0.2, -0.15) is 0 Å². The molecule has 0 aliphatic heterocycles. The first-order valence-corrected chi connectivity index (χ1v) is 2.72. The maximum atomic E-state index is 10.5. The Balaban J connectivity index is 0.000001000. The third-order valence-electron chi connectivity index (χ3n) is 1.06. The molecular weight excluding hydrogens is 159 g/mol. The maximum absolute atomic E-state index is 10.5. The zero-order chi connectivity index (χ0) is 7.40. The number of nitrogens with zero attached hydrogens (tertiary/aromatic N) is 2. The van der Waals surface area contributed by atoms with Gasteiger partial charge in [-0.25, -0.2) is 0 Å². The standard InChI is InChI=1S/C6H6N2O2.Al/c9-7-8(10)6-4-2-1-3-5-6;/h1-5,9H;/b8-7-;. The predicted molar refractivity (Wildman–Crippen MR) is 39.7 cm³/mol.